The molecular formula is C16H21FN6. The van der Waals surface area contributed by atoms with Gasteiger partial charge in [0.2, 0.25) is 5.95 Å². The average Bonchev–Trinajstić information content (AvgIpc) is 2.99. The van der Waals surface area contributed by atoms with E-state index in [0.29, 0.717) is 28.6 Å². The highest BCUT2D eigenvalue weighted by atomic mass is 19.1. The molecule has 0 bridgehead atoms. The van der Waals surface area contributed by atoms with E-state index in [2.05, 4.69) is 20.2 Å². The Morgan fingerprint density at radius 1 is 1.30 bits per heavy atom. The van der Waals surface area contributed by atoms with Crippen LogP contribution in [0.4, 0.5) is 22.0 Å². The SMILES string of the molecule is CN[C@@H]1CCN(c2nc(N)nc(N)c2-c2cccc(F)c2C)C1. The summed E-state index contributed by atoms with van der Waals surface area (Å²) < 4.78 is 14.0. The van der Waals surface area contributed by atoms with Crippen LogP contribution in [-0.2, 0) is 0 Å². The third-order valence-corrected chi connectivity index (χ3v) is 4.37. The van der Waals surface area contributed by atoms with Crippen molar-refractivity contribution in [2.45, 2.75) is 19.4 Å². The highest BCUT2D eigenvalue weighted by molar-refractivity contribution is 5.86. The lowest BCUT2D eigenvalue weighted by molar-refractivity contribution is 0.616. The van der Waals surface area contributed by atoms with E-state index in [9.17, 15) is 4.39 Å². The van der Waals surface area contributed by atoms with Gasteiger partial charge in [0.1, 0.15) is 17.5 Å². The number of aromatic nitrogens is 2. The molecule has 0 spiro atoms. The lowest BCUT2D eigenvalue weighted by Crippen LogP contribution is -2.30. The first-order chi connectivity index (χ1) is 11.0. The summed E-state index contributed by atoms with van der Waals surface area (Å²) >= 11 is 0. The smallest absolute Gasteiger partial charge is 0.223 e. The van der Waals surface area contributed by atoms with E-state index >= 15 is 0 Å². The van der Waals surface area contributed by atoms with Crippen molar-refractivity contribution in [3.8, 4) is 11.1 Å². The van der Waals surface area contributed by atoms with Gasteiger partial charge < -0.3 is 21.7 Å². The number of hydrogen-bond donors (Lipinski definition) is 3. The van der Waals surface area contributed by atoms with E-state index in [0.717, 1.165) is 19.5 Å². The third-order valence-electron chi connectivity index (χ3n) is 4.37. The second-order valence-electron chi connectivity index (χ2n) is 5.80. The zero-order chi connectivity index (χ0) is 16.6. The second-order valence-corrected chi connectivity index (χ2v) is 5.80. The molecule has 1 aliphatic heterocycles. The number of likely N-dealkylation sites (N-methyl/N-ethyl adjacent to an activating group) is 1. The van der Waals surface area contributed by atoms with E-state index in [1.807, 2.05) is 13.1 Å². The molecule has 23 heavy (non-hydrogen) atoms. The van der Waals surface area contributed by atoms with E-state index in [4.69, 9.17) is 11.5 Å². The molecule has 0 radical (unpaired) electrons. The molecule has 122 valence electrons. The molecule has 1 saturated heterocycles. The van der Waals surface area contributed by atoms with Crippen molar-refractivity contribution in [3.63, 3.8) is 0 Å². The van der Waals surface area contributed by atoms with Crippen molar-refractivity contribution in [2.24, 2.45) is 0 Å². The lowest BCUT2D eigenvalue weighted by Gasteiger charge is -2.22. The maximum atomic E-state index is 14.0. The van der Waals surface area contributed by atoms with Gasteiger partial charge in [0.05, 0.1) is 5.56 Å². The molecule has 1 fully saturated rings. The first-order valence-electron chi connectivity index (χ1n) is 7.62. The van der Waals surface area contributed by atoms with Crippen LogP contribution in [0, 0.1) is 12.7 Å². The summed E-state index contributed by atoms with van der Waals surface area (Å²) in [7, 11) is 1.94. The summed E-state index contributed by atoms with van der Waals surface area (Å²) in [6.45, 7) is 3.36. The Labute approximate surface area is 134 Å². The number of nitrogens with one attached hydrogen (secondary N) is 1. The van der Waals surface area contributed by atoms with Crippen molar-refractivity contribution in [1.29, 1.82) is 0 Å². The molecule has 1 aliphatic rings. The molecule has 0 saturated carbocycles. The quantitative estimate of drug-likeness (QED) is 0.795. The molecule has 0 aliphatic carbocycles. The van der Waals surface area contributed by atoms with Crippen LogP contribution >= 0.6 is 0 Å². The molecule has 6 nitrogen and oxygen atoms in total. The van der Waals surface area contributed by atoms with Crippen LogP contribution < -0.4 is 21.7 Å². The Kier molecular flexibility index (Phi) is 4.04. The zero-order valence-corrected chi connectivity index (χ0v) is 13.3. The van der Waals surface area contributed by atoms with Crippen molar-refractivity contribution in [3.05, 3.63) is 29.6 Å². The van der Waals surface area contributed by atoms with Crippen LogP contribution in [0.1, 0.15) is 12.0 Å². The minimum Gasteiger partial charge on any atom is -0.383 e. The lowest BCUT2D eigenvalue weighted by atomic mass is 10.0. The standard InChI is InChI=1S/C16H21FN6/c1-9-11(4-3-5-12(9)17)13-14(18)21-16(19)22-15(13)23-7-6-10(8-23)20-2/h3-5,10,20H,6-8H2,1-2H3,(H4,18,19,21,22)/t10-/m1/s1. The van der Waals surface area contributed by atoms with Crippen molar-refractivity contribution in [2.75, 3.05) is 36.5 Å². The van der Waals surface area contributed by atoms with Gasteiger partial charge in [-0.2, -0.15) is 9.97 Å². The monoisotopic (exact) mass is 316 g/mol. The molecule has 1 atom stereocenters. The summed E-state index contributed by atoms with van der Waals surface area (Å²) in [6.07, 6.45) is 1.00. The fourth-order valence-corrected chi connectivity index (χ4v) is 3.04. The Balaban J connectivity index is 2.15. The van der Waals surface area contributed by atoms with Gasteiger partial charge in [-0.3, -0.25) is 0 Å². The maximum Gasteiger partial charge on any atom is 0.223 e. The van der Waals surface area contributed by atoms with E-state index in [1.54, 1.807) is 13.0 Å². The molecule has 0 unspecified atom stereocenters. The van der Waals surface area contributed by atoms with Crippen LogP contribution in [0.15, 0.2) is 18.2 Å². The first-order valence-corrected chi connectivity index (χ1v) is 7.62. The first kappa shape index (κ1) is 15.5. The van der Waals surface area contributed by atoms with Crippen molar-refractivity contribution < 1.29 is 4.39 Å². The molecule has 7 heteroatoms. The predicted molar refractivity (Wildman–Crippen MR) is 90.7 cm³/mol. The van der Waals surface area contributed by atoms with Gasteiger partial charge in [-0.25, -0.2) is 4.39 Å². The minimum absolute atomic E-state index is 0.128. The molecule has 5 N–H and O–H groups in total. The molecule has 2 aromatic rings. The number of rotatable bonds is 3. The average molecular weight is 316 g/mol. The molecule has 1 aromatic carbocycles. The predicted octanol–water partition coefficient (Wildman–Crippen LogP) is 1.55. The van der Waals surface area contributed by atoms with E-state index in [-0.39, 0.29) is 17.6 Å². The maximum absolute atomic E-state index is 14.0. The summed E-state index contributed by atoms with van der Waals surface area (Å²) in [5, 5.41) is 3.27. The van der Waals surface area contributed by atoms with Gasteiger partial charge in [0.15, 0.2) is 0 Å². The number of nitrogens with zero attached hydrogens (tertiary/aromatic N) is 3. The summed E-state index contributed by atoms with van der Waals surface area (Å²) in [4.78, 5) is 10.6. The molecule has 1 aromatic heterocycles. The summed E-state index contributed by atoms with van der Waals surface area (Å²) in [5.41, 5.74) is 13.8. The second kappa shape index (κ2) is 6.00. The van der Waals surface area contributed by atoms with Gasteiger partial charge in [0, 0.05) is 19.1 Å². The Hall–Kier alpha value is -2.41. The fourth-order valence-electron chi connectivity index (χ4n) is 3.04. The largest absolute Gasteiger partial charge is 0.383 e. The number of benzene rings is 1. The Morgan fingerprint density at radius 3 is 2.78 bits per heavy atom. The minimum atomic E-state index is -0.279. The van der Waals surface area contributed by atoms with Gasteiger partial charge in [-0.15, -0.1) is 0 Å². The molecular weight excluding hydrogens is 295 g/mol. The topological polar surface area (TPSA) is 93.1 Å². The van der Waals surface area contributed by atoms with Gasteiger partial charge in [-0.1, -0.05) is 12.1 Å². The molecule has 0 amide bonds. The highest BCUT2D eigenvalue weighted by Gasteiger charge is 2.27. The number of nitrogen functional groups attached to an aromatic ring is 2. The summed E-state index contributed by atoms with van der Waals surface area (Å²) in [6, 6.07) is 5.31. The van der Waals surface area contributed by atoms with Gasteiger partial charge in [-0.05, 0) is 37.6 Å². The molecule has 2 heterocycles. The zero-order valence-electron chi connectivity index (χ0n) is 13.3. The third kappa shape index (κ3) is 2.79. The van der Waals surface area contributed by atoms with Crippen LogP contribution in [0.3, 0.4) is 0 Å². The van der Waals surface area contributed by atoms with Crippen molar-refractivity contribution in [1.82, 2.24) is 15.3 Å². The highest BCUT2D eigenvalue weighted by Crippen LogP contribution is 2.37. The number of anilines is 3. The van der Waals surface area contributed by atoms with Crippen LogP contribution in [0.5, 0.6) is 0 Å². The van der Waals surface area contributed by atoms with Crippen LogP contribution in [0.25, 0.3) is 11.1 Å². The van der Waals surface area contributed by atoms with Gasteiger partial charge in [0.25, 0.3) is 0 Å². The number of nitrogens with two attached hydrogens (primary N) is 2. The van der Waals surface area contributed by atoms with E-state index in [1.165, 1.54) is 6.07 Å². The fraction of sp³-hybridized carbons (Fsp3) is 0.375. The number of halogens is 1. The van der Waals surface area contributed by atoms with Crippen LogP contribution in [-0.4, -0.2) is 36.1 Å². The normalized spacial score (nSPS) is 17.7. The van der Waals surface area contributed by atoms with Crippen molar-refractivity contribution >= 4 is 17.6 Å². The van der Waals surface area contributed by atoms with Crippen LogP contribution in [0.2, 0.25) is 0 Å². The Bertz CT molecular complexity index is 733. The van der Waals surface area contributed by atoms with Gasteiger partial charge >= 0.3 is 0 Å². The molecule has 3 rings (SSSR count). The Morgan fingerprint density at radius 2 is 2.09 bits per heavy atom. The summed E-state index contributed by atoms with van der Waals surface area (Å²) in [5.74, 6) is 0.790. The van der Waals surface area contributed by atoms with E-state index < -0.39 is 0 Å². The number of hydrogen-bond acceptors (Lipinski definition) is 6.